The molecule has 0 aliphatic carbocycles. The molecule has 0 heterocycles. The van der Waals surface area contributed by atoms with Crippen LogP contribution in [0.1, 0.15) is 11.1 Å². The number of carbonyl (C=O) groups excluding carboxylic acids is 1. The Hall–Kier alpha value is -2.32. The molecule has 176 valence electrons. The van der Waals surface area contributed by atoms with Gasteiger partial charge in [-0.3, -0.25) is 4.79 Å². The van der Waals surface area contributed by atoms with Crippen LogP contribution in [0.5, 0.6) is 0 Å². The van der Waals surface area contributed by atoms with Gasteiger partial charge in [0.15, 0.2) is 0 Å². The van der Waals surface area contributed by atoms with Crippen LogP contribution in [0, 0.1) is 0 Å². The normalized spacial score (nSPS) is 11.1. The molecule has 1 amide bonds. The first-order valence-electron chi connectivity index (χ1n) is 10.3. The molecule has 0 spiro atoms. The number of rotatable bonds is 12. The number of carbonyl (C=O) groups is 2. The summed E-state index contributed by atoms with van der Waals surface area (Å²) in [6.45, 7) is 1.84. The summed E-state index contributed by atoms with van der Waals surface area (Å²) in [5, 5.41) is 19.8. The molecule has 0 aliphatic heterocycles. The predicted molar refractivity (Wildman–Crippen MR) is 130 cm³/mol. The number of nitrogens with two attached hydrogens (primary N) is 1. The minimum atomic E-state index is -1.06. The van der Waals surface area contributed by atoms with E-state index in [1.807, 2.05) is 54.6 Å². The van der Waals surface area contributed by atoms with Crippen molar-refractivity contribution in [2.75, 3.05) is 42.9 Å². The number of amides is 1. The maximum Gasteiger partial charge on any atom is 0.326 e. The van der Waals surface area contributed by atoms with Gasteiger partial charge in [-0.25, -0.2) is 4.79 Å². The van der Waals surface area contributed by atoms with Crippen molar-refractivity contribution in [3.05, 3.63) is 65.7 Å². The van der Waals surface area contributed by atoms with E-state index >= 15 is 0 Å². The number of carboxylic acid groups (broad SMARTS) is 1. The zero-order chi connectivity index (χ0) is 23.8. The van der Waals surface area contributed by atoms with Gasteiger partial charge in [-0.15, -0.1) is 23.2 Å². The molecule has 0 fully saturated rings. The van der Waals surface area contributed by atoms with Gasteiger partial charge in [-0.2, -0.15) is 0 Å². The molecule has 2 rings (SSSR count). The molecule has 2 aromatic carbocycles. The molecule has 0 saturated carbocycles. The van der Waals surface area contributed by atoms with Crippen LogP contribution in [0.4, 0.5) is 5.69 Å². The summed E-state index contributed by atoms with van der Waals surface area (Å²) in [5.74, 6) is -0.387. The van der Waals surface area contributed by atoms with Crippen LogP contribution in [-0.2, 0) is 22.4 Å². The quantitative estimate of drug-likeness (QED) is 0.344. The monoisotopic (exact) mass is 483 g/mol. The van der Waals surface area contributed by atoms with Crippen molar-refractivity contribution in [1.82, 2.24) is 5.32 Å². The third kappa shape index (κ3) is 10.8. The van der Waals surface area contributed by atoms with E-state index in [1.54, 1.807) is 0 Å². The minimum Gasteiger partial charge on any atom is -0.480 e. The summed E-state index contributed by atoms with van der Waals surface area (Å²) in [7, 11) is 0. The van der Waals surface area contributed by atoms with E-state index in [-0.39, 0.29) is 25.4 Å². The van der Waals surface area contributed by atoms with E-state index in [9.17, 15) is 14.7 Å². The molecule has 9 heteroatoms. The number of nitrogens with one attached hydrogen (secondary N) is 1. The number of anilines is 1. The Morgan fingerprint density at radius 2 is 1.53 bits per heavy atom. The van der Waals surface area contributed by atoms with Gasteiger partial charge < -0.3 is 26.2 Å². The van der Waals surface area contributed by atoms with Crippen molar-refractivity contribution in [2.45, 2.75) is 18.9 Å². The fourth-order valence-electron chi connectivity index (χ4n) is 2.88. The topological polar surface area (TPSA) is 116 Å². The number of aliphatic carboxylic acids is 1. The Bertz CT molecular complexity index is 784. The summed E-state index contributed by atoms with van der Waals surface area (Å²) in [6.07, 6.45) is 0.358. The Kier molecular flexibility index (Phi) is 14.1. The Labute approximate surface area is 199 Å². The molecule has 1 atom stereocenters. The fraction of sp³-hybridized carbons (Fsp3) is 0.391. The predicted octanol–water partition coefficient (Wildman–Crippen LogP) is 2.26. The van der Waals surface area contributed by atoms with Gasteiger partial charge in [-0.05, 0) is 23.3 Å². The highest BCUT2D eigenvalue weighted by atomic mass is 35.5. The molecular formula is C23H31Cl2N3O4. The van der Waals surface area contributed by atoms with Crippen molar-refractivity contribution in [1.29, 1.82) is 0 Å². The summed E-state index contributed by atoms with van der Waals surface area (Å²) in [5.41, 5.74) is 7.42. The number of hydrogen-bond acceptors (Lipinski definition) is 5. The first-order chi connectivity index (χ1) is 15.4. The van der Waals surface area contributed by atoms with Crippen molar-refractivity contribution in [3.8, 4) is 0 Å². The van der Waals surface area contributed by atoms with Crippen molar-refractivity contribution in [3.63, 3.8) is 0 Å². The van der Waals surface area contributed by atoms with Crippen LogP contribution in [-0.4, -0.2) is 66.1 Å². The number of carboxylic acids is 1. The third-order valence-electron chi connectivity index (χ3n) is 4.42. The Balaban J connectivity index is 0.00000118. The van der Waals surface area contributed by atoms with E-state index in [1.165, 1.54) is 0 Å². The molecule has 2 aromatic rings. The number of hydrogen-bond donors (Lipinski definition) is 4. The molecule has 32 heavy (non-hydrogen) atoms. The number of nitrogens with zero attached hydrogens (tertiary/aromatic N) is 1. The van der Waals surface area contributed by atoms with E-state index in [2.05, 4.69) is 10.2 Å². The molecule has 0 aliphatic rings. The standard InChI is InChI=1S/C21H24Cl2N2O3.C2H7NO/c22-10-12-25(13-11-23)18-8-6-17(7-9-18)14-19(21(27)28)24-20(26)15-16-4-2-1-3-5-16;3-1-2-4/h1-9,19H,10-15H2,(H,24,26)(H,27,28);4H,1-3H2/t19-;/m0./s1. The van der Waals surface area contributed by atoms with Crippen LogP contribution in [0.2, 0.25) is 0 Å². The van der Waals surface area contributed by atoms with E-state index in [0.717, 1.165) is 16.8 Å². The lowest BCUT2D eigenvalue weighted by molar-refractivity contribution is -0.141. The van der Waals surface area contributed by atoms with Crippen molar-refractivity contribution in [2.24, 2.45) is 5.73 Å². The maximum absolute atomic E-state index is 12.2. The van der Waals surface area contributed by atoms with Crippen LogP contribution < -0.4 is 16.0 Å². The lowest BCUT2D eigenvalue weighted by Crippen LogP contribution is -2.43. The summed E-state index contributed by atoms with van der Waals surface area (Å²) >= 11 is 11.7. The highest BCUT2D eigenvalue weighted by Crippen LogP contribution is 2.17. The number of halogens is 2. The van der Waals surface area contributed by atoms with E-state index < -0.39 is 12.0 Å². The van der Waals surface area contributed by atoms with E-state index in [0.29, 0.717) is 31.4 Å². The highest BCUT2D eigenvalue weighted by Gasteiger charge is 2.20. The molecule has 0 aromatic heterocycles. The zero-order valence-electron chi connectivity index (χ0n) is 17.9. The average molecular weight is 484 g/mol. The van der Waals surface area contributed by atoms with Gasteiger partial charge in [0.05, 0.1) is 13.0 Å². The summed E-state index contributed by atoms with van der Waals surface area (Å²) in [4.78, 5) is 25.9. The number of aliphatic hydroxyl groups is 1. The van der Waals surface area contributed by atoms with Gasteiger partial charge in [0.25, 0.3) is 0 Å². The fourth-order valence-corrected chi connectivity index (χ4v) is 3.29. The molecule has 0 saturated heterocycles. The minimum absolute atomic E-state index is 0.0972. The van der Waals surface area contributed by atoms with E-state index in [4.69, 9.17) is 34.0 Å². The third-order valence-corrected chi connectivity index (χ3v) is 4.76. The lowest BCUT2D eigenvalue weighted by atomic mass is 10.0. The van der Waals surface area contributed by atoms with Crippen LogP contribution in [0.3, 0.4) is 0 Å². The van der Waals surface area contributed by atoms with Gasteiger partial charge in [-0.1, -0.05) is 42.5 Å². The number of benzene rings is 2. The van der Waals surface area contributed by atoms with Gasteiger partial charge >= 0.3 is 5.97 Å². The summed E-state index contributed by atoms with van der Waals surface area (Å²) in [6, 6.07) is 15.8. The van der Waals surface area contributed by atoms with Crippen LogP contribution >= 0.6 is 23.2 Å². The van der Waals surface area contributed by atoms with Gasteiger partial charge in [0.2, 0.25) is 5.91 Å². The largest absolute Gasteiger partial charge is 0.480 e. The summed E-state index contributed by atoms with van der Waals surface area (Å²) < 4.78 is 0. The van der Waals surface area contributed by atoms with Crippen molar-refractivity contribution >= 4 is 40.8 Å². The SMILES string of the molecule is NCCO.O=C(Cc1ccccc1)N[C@@H](Cc1ccc(N(CCCl)CCCl)cc1)C(=O)O. The first-order valence-corrected chi connectivity index (χ1v) is 11.3. The number of alkyl halides is 2. The second-order valence-corrected chi connectivity index (χ2v) is 7.62. The average Bonchev–Trinajstić information content (AvgIpc) is 2.80. The molecule has 0 unspecified atom stereocenters. The second-order valence-electron chi connectivity index (χ2n) is 6.87. The van der Waals surface area contributed by atoms with Gasteiger partial charge in [0.1, 0.15) is 6.04 Å². The Morgan fingerprint density at radius 3 is 2.00 bits per heavy atom. The van der Waals surface area contributed by atoms with Gasteiger partial charge in [0, 0.05) is 43.5 Å². The Morgan fingerprint density at radius 1 is 0.969 bits per heavy atom. The second kappa shape index (κ2) is 16.3. The molecule has 0 bridgehead atoms. The van der Waals surface area contributed by atoms with Crippen LogP contribution in [0.25, 0.3) is 0 Å². The maximum atomic E-state index is 12.2. The molecule has 5 N–H and O–H groups in total. The smallest absolute Gasteiger partial charge is 0.326 e. The van der Waals surface area contributed by atoms with Crippen molar-refractivity contribution < 1.29 is 19.8 Å². The molecule has 7 nitrogen and oxygen atoms in total. The first kappa shape index (κ1) is 27.7. The number of aliphatic hydroxyl groups excluding tert-OH is 1. The molecule has 0 radical (unpaired) electrons. The molecular weight excluding hydrogens is 453 g/mol. The zero-order valence-corrected chi connectivity index (χ0v) is 19.4. The lowest BCUT2D eigenvalue weighted by Gasteiger charge is -2.23. The van der Waals surface area contributed by atoms with Crippen LogP contribution in [0.15, 0.2) is 54.6 Å². The highest BCUT2D eigenvalue weighted by molar-refractivity contribution is 6.18.